The molecule has 0 saturated heterocycles. The molecule has 0 aromatic heterocycles. The Balaban J connectivity index is 0.000000423. The van der Waals surface area contributed by atoms with Gasteiger partial charge in [-0.1, -0.05) is 45.7 Å². The molecule has 1 aromatic carbocycles. The Labute approximate surface area is 128 Å². The summed E-state index contributed by atoms with van der Waals surface area (Å²) < 4.78 is 17.4. The fraction of sp³-hybridized carbons (Fsp3) is 0.611. The summed E-state index contributed by atoms with van der Waals surface area (Å²) in [4.78, 5) is 11.0. The van der Waals surface area contributed by atoms with Crippen molar-refractivity contribution in [3.05, 3.63) is 35.6 Å². The number of ether oxygens (including phenoxy) is 1. The van der Waals surface area contributed by atoms with E-state index >= 15 is 0 Å². The maximum absolute atomic E-state index is 12.2. The van der Waals surface area contributed by atoms with Crippen molar-refractivity contribution >= 4 is 5.97 Å². The van der Waals surface area contributed by atoms with Crippen LogP contribution in [0.2, 0.25) is 0 Å². The van der Waals surface area contributed by atoms with E-state index in [2.05, 4.69) is 13.8 Å². The molecule has 3 heteroatoms. The highest BCUT2D eigenvalue weighted by Gasteiger charge is 2.12. The van der Waals surface area contributed by atoms with Gasteiger partial charge in [-0.2, -0.15) is 0 Å². The van der Waals surface area contributed by atoms with E-state index in [9.17, 15) is 9.18 Å². The third-order valence-corrected chi connectivity index (χ3v) is 3.42. The lowest BCUT2D eigenvalue weighted by Crippen LogP contribution is -2.17. The molecule has 120 valence electrons. The highest BCUT2D eigenvalue weighted by molar-refractivity contribution is 5.69. The second-order valence-corrected chi connectivity index (χ2v) is 5.37. The molecule has 0 spiro atoms. The Kier molecular flexibility index (Phi) is 10.6. The standard InChI is InChI=1S/C11H22O2.C7H7F/c1-5-10(6-2)8-9(4)13-11(12)7-3;1-6-3-2-4-7(8)5-6/h9-10H,5-8H2,1-4H3;2-5H,1H3. The van der Waals surface area contributed by atoms with Crippen LogP contribution in [0.1, 0.15) is 58.9 Å². The number of hydrogen-bond donors (Lipinski definition) is 0. The second kappa shape index (κ2) is 11.3. The first-order valence-electron chi connectivity index (χ1n) is 7.84. The van der Waals surface area contributed by atoms with Gasteiger partial charge in [-0.25, -0.2) is 4.39 Å². The van der Waals surface area contributed by atoms with Gasteiger partial charge in [0.2, 0.25) is 0 Å². The van der Waals surface area contributed by atoms with Gasteiger partial charge in [-0.3, -0.25) is 4.79 Å². The van der Waals surface area contributed by atoms with Crippen molar-refractivity contribution in [2.24, 2.45) is 5.92 Å². The van der Waals surface area contributed by atoms with E-state index in [4.69, 9.17) is 4.74 Å². The maximum atomic E-state index is 12.2. The second-order valence-electron chi connectivity index (χ2n) is 5.37. The lowest BCUT2D eigenvalue weighted by atomic mass is 9.97. The summed E-state index contributed by atoms with van der Waals surface area (Å²) in [6, 6.07) is 6.50. The highest BCUT2D eigenvalue weighted by atomic mass is 19.1. The van der Waals surface area contributed by atoms with E-state index in [0.29, 0.717) is 12.3 Å². The van der Waals surface area contributed by atoms with Gasteiger partial charge in [0.25, 0.3) is 0 Å². The molecule has 0 radical (unpaired) electrons. The molecular weight excluding hydrogens is 267 g/mol. The average molecular weight is 296 g/mol. The van der Waals surface area contributed by atoms with Crippen LogP contribution in [0.25, 0.3) is 0 Å². The van der Waals surface area contributed by atoms with E-state index in [0.717, 1.165) is 12.0 Å². The average Bonchev–Trinajstić information content (AvgIpc) is 2.45. The Hall–Kier alpha value is -1.38. The number of esters is 1. The minimum atomic E-state index is -0.162. The predicted molar refractivity (Wildman–Crippen MR) is 85.7 cm³/mol. The van der Waals surface area contributed by atoms with Gasteiger partial charge >= 0.3 is 5.97 Å². The van der Waals surface area contributed by atoms with E-state index in [-0.39, 0.29) is 17.9 Å². The van der Waals surface area contributed by atoms with Gasteiger partial charge in [0, 0.05) is 6.42 Å². The van der Waals surface area contributed by atoms with Gasteiger partial charge in [0.05, 0.1) is 6.10 Å². The Bertz CT molecular complexity index is 383. The number of carbonyl (C=O) groups excluding carboxylic acids is 1. The monoisotopic (exact) mass is 296 g/mol. The molecule has 0 heterocycles. The summed E-state index contributed by atoms with van der Waals surface area (Å²) in [7, 11) is 0. The zero-order valence-electron chi connectivity index (χ0n) is 14.0. The van der Waals surface area contributed by atoms with Crippen LogP contribution >= 0.6 is 0 Å². The summed E-state index contributed by atoms with van der Waals surface area (Å²) in [6.45, 7) is 10.0. The Morgan fingerprint density at radius 1 is 1.24 bits per heavy atom. The minimum Gasteiger partial charge on any atom is -0.463 e. The Morgan fingerprint density at radius 3 is 2.24 bits per heavy atom. The van der Waals surface area contributed by atoms with Gasteiger partial charge in [0.15, 0.2) is 0 Å². The molecule has 0 saturated carbocycles. The highest BCUT2D eigenvalue weighted by Crippen LogP contribution is 2.16. The molecule has 1 rings (SSSR count). The minimum absolute atomic E-state index is 0.0809. The van der Waals surface area contributed by atoms with Gasteiger partial charge in [-0.15, -0.1) is 0 Å². The zero-order valence-corrected chi connectivity index (χ0v) is 14.0. The first-order valence-corrected chi connectivity index (χ1v) is 7.84. The Morgan fingerprint density at radius 2 is 1.86 bits per heavy atom. The topological polar surface area (TPSA) is 26.3 Å². The summed E-state index contributed by atoms with van der Waals surface area (Å²) in [5, 5.41) is 0. The molecule has 2 nitrogen and oxygen atoms in total. The maximum Gasteiger partial charge on any atom is 0.305 e. The number of aryl methyl sites for hydroxylation is 1. The zero-order chi connectivity index (χ0) is 16.3. The third-order valence-electron chi connectivity index (χ3n) is 3.42. The molecule has 0 amide bonds. The van der Waals surface area contributed by atoms with E-state index in [1.807, 2.05) is 26.8 Å². The first-order chi connectivity index (χ1) is 9.92. The van der Waals surface area contributed by atoms with E-state index in [1.54, 1.807) is 6.07 Å². The van der Waals surface area contributed by atoms with Crippen LogP contribution < -0.4 is 0 Å². The molecular formula is C18H29FO2. The van der Waals surface area contributed by atoms with Crippen LogP contribution in [0, 0.1) is 18.7 Å². The molecule has 0 aliphatic carbocycles. The smallest absolute Gasteiger partial charge is 0.305 e. The van der Waals surface area contributed by atoms with E-state index < -0.39 is 0 Å². The molecule has 0 N–H and O–H groups in total. The molecule has 1 atom stereocenters. The molecule has 1 unspecified atom stereocenters. The number of carbonyl (C=O) groups is 1. The fourth-order valence-electron chi connectivity index (χ4n) is 2.05. The van der Waals surface area contributed by atoms with Crippen LogP contribution in [-0.4, -0.2) is 12.1 Å². The quantitative estimate of drug-likeness (QED) is 0.667. The first kappa shape index (κ1) is 19.6. The van der Waals surface area contributed by atoms with Gasteiger partial charge in [-0.05, 0) is 43.9 Å². The SMILES string of the molecule is CCC(=O)OC(C)CC(CC)CC.Cc1cccc(F)c1. The van der Waals surface area contributed by atoms with Crippen molar-refractivity contribution in [2.75, 3.05) is 0 Å². The summed E-state index contributed by atoms with van der Waals surface area (Å²) in [5.41, 5.74) is 0.963. The van der Waals surface area contributed by atoms with Crippen LogP contribution in [-0.2, 0) is 9.53 Å². The van der Waals surface area contributed by atoms with Crippen molar-refractivity contribution in [2.45, 2.75) is 66.4 Å². The molecule has 0 fully saturated rings. The summed E-state index contributed by atoms with van der Waals surface area (Å²) in [5.74, 6) is 0.447. The van der Waals surface area contributed by atoms with E-state index in [1.165, 1.54) is 25.0 Å². The van der Waals surface area contributed by atoms with Crippen LogP contribution in [0.5, 0.6) is 0 Å². The number of halogens is 1. The van der Waals surface area contributed by atoms with Crippen LogP contribution in [0.3, 0.4) is 0 Å². The molecule has 21 heavy (non-hydrogen) atoms. The van der Waals surface area contributed by atoms with Crippen LogP contribution in [0.15, 0.2) is 24.3 Å². The fourth-order valence-corrected chi connectivity index (χ4v) is 2.05. The third kappa shape index (κ3) is 10.1. The lowest BCUT2D eigenvalue weighted by Gasteiger charge is -2.18. The largest absolute Gasteiger partial charge is 0.463 e. The molecule has 0 aliphatic heterocycles. The molecule has 0 bridgehead atoms. The summed E-state index contributed by atoms with van der Waals surface area (Å²) >= 11 is 0. The van der Waals surface area contributed by atoms with Crippen molar-refractivity contribution in [3.8, 4) is 0 Å². The molecule has 0 aliphatic rings. The van der Waals surface area contributed by atoms with Crippen molar-refractivity contribution in [1.29, 1.82) is 0 Å². The van der Waals surface area contributed by atoms with Crippen molar-refractivity contribution in [3.63, 3.8) is 0 Å². The normalized spacial score (nSPS) is 11.6. The predicted octanol–water partition coefficient (Wildman–Crippen LogP) is 5.29. The molecule has 1 aromatic rings. The van der Waals surface area contributed by atoms with Crippen molar-refractivity contribution < 1.29 is 13.9 Å². The van der Waals surface area contributed by atoms with Crippen LogP contribution in [0.4, 0.5) is 4.39 Å². The van der Waals surface area contributed by atoms with Crippen molar-refractivity contribution in [1.82, 2.24) is 0 Å². The number of benzene rings is 1. The lowest BCUT2D eigenvalue weighted by molar-refractivity contribution is -0.148. The van der Waals surface area contributed by atoms with Gasteiger partial charge < -0.3 is 4.74 Å². The number of rotatable bonds is 6. The summed E-state index contributed by atoms with van der Waals surface area (Å²) in [6.07, 6.45) is 3.90. The number of hydrogen-bond acceptors (Lipinski definition) is 2. The van der Waals surface area contributed by atoms with Gasteiger partial charge in [0.1, 0.15) is 5.82 Å².